The van der Waals surface area contributed by atoms with Crippen molar-refractivity contribution in [2.75, 3.05) is 0 Å². The van der Waals surface area contributed by atoms with Gasteiger partial charge in [-0.1, -0.05) is 53.6 Å². The summed E-state index contributed by atoms with van der Waals surface area (Å²) in [4.78, 5) is 10.7. The lowest BCUT2D eigenvalue weighted by atomic mass is 10.1. The average Bonchev–Trinajstić information content (AvgIpc) is 2.58. The van der Waals surface area contributed by atoms with Crippen LogP contribution in [-0.2, 0) is 11.2 Å². The number of hydrogen-bond donors (Lipinski definition) is 1. The summed E-state index contributed by atoms with van der Waals surface area (Å²) in [7, 11) is 0. The lowest BCUT2D eigenvalue weighted by Crippen LogP contribution is -1.93. The predicted octanol–water partition coefficient (Wildman–Crippen LogP) is 5.67. The molecule has 0 amide bonds. The Balaban J connectivity index is 0.000000382. The van der Waals surface area contributed by atoms with Crippen molar-refractivity contribution in [3.63, 3.8) is 0 Å². The Labute approximate surface area is 166 Å². The van der Waals surface area contributed by atoms with Crippen LogP contribution in [0.4, 0.5) is 0 Å². The maximum Gasteiger partial charge on any atom is 0.130 e. The Kier molecular flexibility index (Phi) is 13.0. The van der Waals surface area contributed by atoms with Crippen LogP contribution in [0.5, 0.6) is 0 Å². The van der Waals surface area contributed by atoms with E-state index >= 15 is 0 Å². The number of hydrogen-bond acceptors (Lipinski definition) is 2. The van der Waals surface area contributed by atoms with E-state index in [1.165, 1.54) is 26.3 Å². The van der Waals surface area contributed by atoms with E-state index in [9.17, 15) is 4.79 Å². The van der Waals surface area contributed by atoms with Gasteiger partial charge >= 0.3 is 0 Å². The fourth-order valence-electron chi connectivity index (χ4n) is 1.61. The highest BCUT2D eigenvalue weighted by Gasteiger charge is 1.95. The number of benzene rings is 2. The van der Waals surface area contributed by atoms with Crippen molar-refractivity contribution in [3.8, 4) is 0 Å². The average molecular weight is 452 g/mol. The molecule has 0 saturated heterocycles. The van der Waals surface area contributed by atoms with Crippen LogP contribution in [-0.4, -0.2) is 17.0 Å². The second-order valence-electron chi connectivity index (χ2n) is 5.96. The Morgan fingerprint density at radius 1 is 1.08 bits per heavy atom. The van der Waals surface area contributed by atoms with E-state index in [1.807, 2.05) is 0 Å². The Morgan fingerprint density at radius 2 is 1.48 bits per heavy atom. The van der Waals surface area contributed by atoms with Gasteiger partial charge in [0.05, 0.1) is 6.10 Å². The molecule has 0 aliphatic heterocycles. The molecule has 2 rings (SSSR count). The van der Waals surface area contributed by atoms with E-state index in [2.05, 4.69) is 91.5 Å². The smallest absolute Gasteiger partial charge is 0.130 e. The molecule has 0 spiro atoms. The van der Waals surface area contributed by atoms with Crippen molar-refractivity contribution >= 4 is 28.4 Å². The van der Waals surface area contributed by atoms with Gasteiger partial charge in [-0.3, -0.25) is 0 Å². The van der Waals surface area contributed by atoms with E-state index in [1.54, 1.807) is 13.8 Å². The molecule has 25 heavy (non-hydrogen) atoms. The minimum absolute atomic E-state index is 0.260. The first-order chi connectivity index (χ1) is 11.7. The van der Waals surface area contributed by atoms with Crippen molar-refractivity contribution in [1.82, 2.24) is 0 Å². The normalized spacial score (nSPS) is 10.5. The van der Waals surface area contributed by atoms with Crippen LogP contribution < -0.4 is 0 Å². The Morgan fingerprint density at radius 3 is 1.80 bits per heavy atom. The van der Waals surface area contributed by atoms with Crippen LogP contribution in [0.25, 0.3) is 0 Å². The minimum Gasteiger partial charge on any atom is -0.389 e. The Bertz CT molecular complexity index is 592. The zero-order valence-corrected chi connectivity index (χ0v) is 17.8. The summed E-state index contributed by atoms with van der Waals surface area (Å²) in [6.07, 6.45) is 2.65. The van der Waals surface area contributed by atoms with Crippen LogP contribution in [0, 0.1) is 17.4 Å². The van der Waals surface area contributed by atoms with Crippen LogP contribution in [0.15, 0.2) is 61.2 Å². The molecule has 0 bridgehead atoms. The number of aryl methyl sites for hydroxylation is 3. The summed E-state index contributed by atoms with van der Waals surface area (Å²) in [6, 6.07) is 16.8. The molecule has 0 saturated carbocycles. The molecular formula is C22H29IO2. The van der Waals surface area contributed by atoms with Gasteiger partial charge in [0.25, 0.3) is 0 Å². The number of ketones is 1. The second-order valence-corrected chi connectivity index (χ2v) is 7.21. The maximum atomic E-state index is 10.7. The fourth-order valence-corrected chi connectivity index (χ4v) is 1.97. The van der Waals surface area contributed by atoms with Crippen molar-refractivity contribution in [2.45, 2.75) is 46.6 Å². The SMILES string of the molecule is C=CC(C)O.CC(=O)CCc1ccc(C)cc1.Cc1ccc(I)cc1. The molecule has 1 N–H and O–H groups in total. The maximum absolute atomic E-state index is 10.7. The van der Waals surface area contributed by atoms with Gasteiger partial charge in [0, 0.05) is 9.99 Å². The largest absolute Gasteiger partial charge is 0.389 e. The molecule has 1 unspecified atom stereocenters. The summed E-state index contributed by atoms with van der Waals surface area (Å²) in [5, 5.41) is 8.24. The Hall–Kier alpha value is -1.46. The standard InChI is InChI=1S/C11H14O.C7H7I.C4H8O/c1-9-3-6-11(7-4-9)8-5-10(2)12;1-6-2-4-7(8)5-3-6;1-3-4(2)5/h3-4,6-7H,5,8H2,1-2H3;2-5H,1H3;3-5H,1H2,2H3. The summed E-state index contributed by atoms with van der Waals surface area (Å²) in [5.74, 6) is 0.260. The van der Waals surface area contributed by atoms with Crippen molar-refractivity contribution in [1.29, 1.82) is 0 Å². The number of carbonyl (C=O) groups excluding carboxylic acids is 1. The van der Waals surface area contributed by atoms with Crippen LogP contribution >= 0.6 is 22.6 Å². The van der Waals surface area contributed by atoms with Crippen LogP contribution in [0.3, 0.4) is 0 Å². The van der Waals surface area contributed by atoms with Gasteiger partial charge < -0.3 is 9.90 Å². The molecule has 0 heterocycles. The molecule has 0 fully saturated rings. The lowest BCUT2D eigenvalue weighted by Gasteiger charge is -1.98. The first-order valence-corrected chi connectivity index (χ1v) is 9.40. The van der Waals surface area contributed by atoms with Gasteiger partial charge in [-0.05, 0) is 74.4 Å². The third-order valence-corrected chi connectivity index (χ3v) is 3.96. The molecular weight excluding hydrogens is 423 g/mol. The number of halogens is 1. The molecule has 0 aliphatic rings. The molecule has 2 aromatic carbocycles. The van der Waals surface area contributed by atoms with Gasteiger partial charge in [0.1, 0.15) is 5.78 Å². The highest BCUT2D eigenvalue weighted by molar-refractivity contribution is 14.1. The summed E-state index contributed by atoms with van der Waals surface area (Å²) < 4.78 is 1.30. The topological polar surface area (TPSA) is 37.3 Å². The zero-order chi connectivity index (χ0) is 19.2. The first-order valence-electron chi connectivity index (χ1n) is 8.32. The molecule has 2 aromatic rings. The predicted molar refractivity (Wildman–Crippen MR) is 116 cm³/mol. The molecule has 3 heteroatoms. The molecule has 0 aliphatic carbocycles. The third kappa shape index (κ3) is 14.6. The van der Waals surface area contributed by atoms with Crippen molar-refractivity contribution in [3.05, 3.63) is 81.4 Å². The second kappa shape index (κ2) is 13.8. The van der Waals surface area contributed by atoms with Gasteiger partial charge in [-0.2, -0.15) is 0 Å². The van der Waals surface area contributed by atoms with E-state index in [4.69, 9.17) is 5.11 Å². The highest BCUT2D eigenvalue weighted by Crippen LogP contribution is 2.06. The van der Waals surface area contributed by atoms with Crippen molar-refractivity contribution < 1.29 is 9.90 Å². The van der Waals surface area contributed by atoms with Crippen LogP contribution in [0.1, 0.15) is 37.0 Å². The fraction of sp³-hybridized carbons (Fsp3) is 0.318. The number of aliphatic hydroxyl groups excluding tert-OH is 1. The van der Waals surface area contributed by atoms with E-state index in [-0.39, 0.29) is 11.9 Å². The summed E-state index contributed by atoms with van der Waals surface area (Å²) in [6.45, 7) is 10.8. The third-order valence-electron chi connectivity index (χ3n) is 3.24. The molecule has 2 nitrogen and oxygen atoms in total. The number of Topliss-reactive ketones (excluding diaryl/α,β-unsaturated/α-hetero) is 1. The summed E-state index contributed by atoms with van der Waals surface area (Å²) >= 11 is 2.30. The number of aliphatic hydroxyl groups is 1. The number of rotatable bonds is 4. The van der Waals surface area contributed by atoms with Gasteiger partial charge in [-0.15, -0.1) is 6.58 Å². The van der Waals surface area contributed by atoms with Crippen LogP contribution in [0.2, 0.25) is 0 Å². The van der Waals surface area contributed by atoms with E-state index in [0.717, 1.165) is 6.42 Å². The first kappa shape index (κ1) is 23.5. The van der Waals surface area contributed by atoms with Crippen molar-refractivity contribution in [2.24, 2.45) is 0 Å². The van der Waals surface area contributed by atoms with Gasteiger partial charge in [0.2, 0.25) is 0 Å². The molecule has 0 radical (unpaired) electrons. The zero-order valence-electron chi connectivity index (χ0n) is 15.6. The minimum atomic E-state index is -0.352. The van der Waals surface area contributed by atoms with E-state index in [0.29, 0.717) is 6.42 Å². The molecule has 136 valence electrons. The number of carbonyl (C=O) groups is 1. The van der Waals surface area contributed by atoms with E-state index < -0.39 is 0 Å². The van der Waals surface area contributed by atoms with Gasteiger partial charge in [-0.25, -0.2) is 0 Å². The monoisotopic (exact) mass is 452 g/mol. The molecule has 1 atom stereocenters. The molecule has 0 aromatic heterocycles. The quantitative estimate of drug-likeness (QED) is 0.480. The highest BCUT2D eigenvalue weighted by atomic mass is 127. The van der Waals surface area contributed by atoms with Gasteiger partial charge in [0.15, 0.2) is 0 Å². The lowest BCUT2D eigenvalue weighted by molar-refractivity contribution is -0.116. The summed E-state index contributed by atoms with van der Waals surface area (Å²) in [5.41, 5.74) is 3.84.